The van der Waals surface area contributed by atoms with Crippen LogP contribution in [0, 0.1) is 0 Å². The highest BCUT2D eigenvalue weighted by molar-refractivity contribution is 5.99. The van der Waals surface area contributed by atoms with Gasteiger partial charge in [0, 0.05) is 11.9 Å². The van der Waals surface area contributed by atoms with Crippen molar-refractivity contribution in [3.8, 4) is 5.75 Å². The number of rotatable bonds is 5. The van der Waals surface area contributed by atoms with E-state index in [2.05, 4.69) is 10.5 Å². The Kier molecular flexibility index (Phi) is 4.97. The van der Waals surface area contributed by atoms with E-state index in [0.717, 1.165) is 11.8 Å². The highest BCUT2D eigenvalue weighted by Gasteiger charge is 2.34. The normalized spacial score (nSPS) is 15.8. The minimum absolute atomic E-state index is 0.0780. The maximum atomic E-state index is 13.1. The molecule has 0 bridgehead atoms. The molecule has 0 aliphatic carbocycles. The number of hydrogen-bond acceptors (Lipinski definition) is 5. The molecule has 1 aliphatic rings. The number of nitrogens with zero attached hydrogens (tertiary/aromatic N) is 2. The van der Waals surface area contributed by atoms with E-state index in [1.165, 1.54) is 0 Å². The molecule has 3 aromatic rings. The molecule has 2 amide bonds. The van der Waals surface area contributed by atoms with Crippen LogP contribution in [-0.4, -0.2) is 36.2 Å². The molecule has 0 unspecified atom stereocenters. The van der Waals surface area contributed by atoms with Crippen LogP contribution in [-0.2, 0) is 16.0 Å². The second-order valence-corrected chi connectivity index (χ2v) is 6.67. The Hall–Kier alpha value is -3.35. The average molecular weight is 379 g/mol. The predicted octanol–water partition coefficient (Wildman–Crippen LogP) is 2.69. The smallest absolute Gasteiger partial charge is 0.262 e. The number of para-hydroxylation sites is 3. The van der Waals surface area contributed by atoms with Crippen molar-refractivity contribution < 1.29 is 18.8 Å². The third kappa shape index (κ3) is 3.43. The van der Waals surface area contributed by atoms with Crippen LogP contribution in [0.1, 0.15) is 19.0 Å². The number of hydrogen-bond donors (Lipinski definition) is 1. The van der Waals surface area contributed by atoms with Crippen molar-refractivity contribution in [1.82, 2.24) is 10.5 Å². The van der Waals surface area contributed by atoms with Crippen molar-refractivity contribution in [2.45, 2.75) is 25.9 Å². The first-order valence-corrected chi connectivity index (χ1v) is 9.34. The Morgan fingerprint density at radius 1 is 1.18 bits per heavy atom. The van der Waals surface area contributed by atoms with Crippen molar-refractivity contribution in [2.75, 3.05) is 18.0 Å². The lowest BCUT2D eigenvalue weighted by molar-refractivity contribution is -0.128. The van der Waals surface area contributed by atoms with Gasteiger partial charge < -0.3 is 19.5 Å². The standard InChI is InChI=1S/C21H21N3O4/c1-2-11-22-21(26)19-13-24(16-8-4-6-10-18(16)27-19)20(25)12-15-14-7-3-5-9-17(14)28-23-15/h3-10,19H,2,11-13H2,1H3,(H,22,26)/t19-/m0/s1. The van der Waals surface area contributed by atoms with Gasteiger partial charge in [-0.3, -0.25) is 9.59 Å². The summed E-state index contributed by atoms with van der Waals surface area (Å²) in [5, 5.41) is 7.70. The summed E-state index contributed by atoms with van der Waals surface area (Å²) in [6, 6.07) is 14.7. The topological polar surface area (TPSA) is 84.7 Å². The number of anilines is 1. The fourth-order valence-electron chi connectivity index (χ4n) is 3.27. The van der Waals surface area contributed by atoms with Crippen LogP contribution in [0.5, 0.6) is 5.75 Å². The second kappa shape index (κ2) is 7.72. The summed E-state index contributed by atoms with van der Waals surface area (Å²) in [5.41, 5.74) is 1.88. The van der Waals surface area contributed by atoms with E-state index in [-0.39, 0.29) is 24.8 Å². The first-order valence-electron chi connectivity index (χ1n) is 9.34. The van der Waals surface area contributed by atoms with Crippen LogP contribution >= 0.6 is 0 Å². The van der Waals surface area contributed by atoms with E-state index in [1.807, 2.05) is 49.4 Å². The highest BCUT2D eigenvalue weighted by atomic mass is 16.5. The third-order valence-corrected chi connectivity index (χ3v) is 4.69. The molecule has 2 aromatic carbocycles. The van der Waals surface area contributed by atoms with Crippen LogP contribution < -0.4 is 15.0 Å². The van der Waals surface area contributed by atoms with Crippen LogP contribution in [0.15, 0.2) is 53.1 Å². The zero-order chi connectivity index (χ0) is 19.5. The minimum atomic E-state index is -0.751. The Bertz CT molecular complexity index is 1010. The maximum Gasteiger partial charge on any atom is 0.262 e. The molecule has 28 heavy (non-hydrogen) atoms. The van der Waals surface area contributed by atoms with Gasteiger partial charge in [0.2, 0.25) is 5.91 Å². The van der Waals surface area contributed by atoms with E-state index in [1.54, 1.807) is 11.0 Å². The van der Waals surface area contributed by atoms with Crippen molar-refractivity contribution in [2.24, 2.45) is 0 Å². The lowest BCUT2D eigenvalue weighted by atomic mass is 10.1. The van der Waals surface area contributed by atoms with Gasteiger partial charge in [0.05, 0.1) is 18.7 Å². The predicted molar refractivity (Wildman–Crippen MR) is 104 cm³/mol. The molecule has 7 nitrogen and oxygen atoms in total. The van der Waals surface area contributed by atoms with Crippen LogP contribution in [0.2, 0.25) is 0 Å². The molecule has 0 saturated heterocycles. The van der Waals surface area contributed by atoms with E-state index in [9.17, 15) is 9.59 Å². The van der Waals surface area contributed by atoms with Gasteiger partial charge in [-0.1, -0.05) is 36.3 Å². The molecule has 7 heteroatoms. The molecular formula is C21H21N3O4. The van der Waals surface area contributed by atoms with Crippen LogP contribution in [0.4, 0.5) is 5.69 Å². The largest absolute Gasteiger partial charge is 0.477 e. The Morgan fingerprint density at radius 3 is 2.82 bits per heavy atom. The molecule has 1 atom stereocenters. The number of carbonyl (C=O) groups is 2. The summed E-state index contributed by atoms with van der Waals surface area (Å²) < 4.78 is 11.1. The van der Waals surface area contributed by atoms with Crippen LogP contribution in [0.25, 0.3) is 11.0 Å². The zero-order valence-electron chi connectivity index (χ0n) is 15.6. The van der Waals surface area contributed by atoms with Crippen molar-refractivity contribution in [3.05, 3.63) is 54.2 Å². The number of carbonyl (C=O) groups excluding carboxylic acids is 2. The molecule has 0 spiro atoms. The van der Waals surface area contributed by atoms with Gasteiger partial charge in [0.1, 0.15) is 11.4 Å². The van der Waals surface area contributed by atoms with Crippen molar-refractivity contribution >= 4 is 28.5 Å². The first-order chi connectivity index (χ1) is 13.7. The SMILES string of the molecule is CCCNC(=O)[C@@H]1CN(C(=O)Cc2noc3ccccc23)c2ccccc2O1. The third-order valence-electron chi connectivity index (χ3n) is 4.69. The average Bonchev–Trinajstić information content (AvgIpc) is 3.14. The molecule has 0 fully saturated rings. The Labute approximate surface area is 162 Å². The van der Waals surface area contributed by atoms with E-state index < -0.39 is 6.10 Å². The summed E-state index contributed by atoms with van der Waals surface area (Å²) in [6.45, 7) is 2.70. The molecule has 1 aliphatic heterocycles. The monoisotopic (exact) mass is 379 g/mol. The summed E-state index contributed by atoms with van der Waals surface area (Å²) in [6.07, 6.45) is 0.158. The molecule has 1 aromatic heterocycles. The van der Waals surface area contributed by atoms with Crippen molar-refractivity contribution in [3.63, 3.8) is 0 Å². The lowest BCUT2D eigenvalue weighted by Gasteiger charge is -2.34. The minimum Gasteiger partial charge on any atom is -0.477 e. The van der Waals surface area contributed by atoms with Crippen molar-refractivity contribution in [1.29, 1.82) is 0 Å². The van der Waals surface area contributed by atoms with E-state index >= 15 is 0 Å². The van der Waals surface area contributed by atoms with E-state index in [4.69, 9.17) is 9.26 Å². The number of nitrogens with one attached hydrogen (secondary N) is 1. The summed E-state index contributed by atoms with van der Waals surface area (Å²) in [5.74, 6) is 0.132. The molecule has 0 radical (unpaired) electrons. The van der Waals surface area contributed by atoms with Crippen LogP contribution in [0.3, 0.4) is 0 Å². The van der Waals surface area contributed by atoms with E-state index in [0.29, 0.717) is 29.3 Å². The zero-order valence-corrected chi connectivity index (χ0v) is 15.6. The summed E-state index contributed by atoms with van der Waals surface area (Å²) >= 11 is 0. The number of fused-ring (bicyclic) bond motifs is 2. The Morgan fingerprint density at radius 2 is 1.96 bits per heavy atom. The molecule has 1 N–H and O–H groups in total. The maximum absolute atomic E-state index is 13.1. The molecule has 2 heterocycles. The van der Waals surface area contributed by atoms with Gasteiger partial charge in [-0.15, -0.1) is 0 Å². The second-order valence-electron chi connectivity index (χ2n) is 6.67. The molecular weight excluding hydrogens is 358 g/mol. The number of aromatic nitrogens is 1. The molecule has 144 valence electrons. The van der Waals surface area contributed by atoms with Gasteiger partial charge in [0.25, 0.3) is 5.91 Å². The van der Waals surface area contributed by atoms with Gasteiger partial charge in [-0.2, -0.15) is 0 Å². The number of ether oxygens (including phenoxy) is 1. The summed E-state index contributed by atoms with van der Waals surface area (Å²) in [4.78, 5) is 27.1. The van der Waals surface area contributed by atoms with Gasteiger partial charge in [-0.05, 0) is 30.7 Å². The quantitative estimate of drug-likeness (QED) is 0.737. The molecule has 0 saturated carbocycles. The highest BCUT2D eigenvalue weighted by Crippen LogP contribution is 2.33. The number of amides is 2. The fraction of sp³-hybridized carbons (Fsp3) is 0.286. The summed E-state index contributed by atoms with van der Waals surface area (Å²) in [7, 11) is 0. The van der Waals surface area contributed by atoms with Gasteiger partial charge in [0.15, 0.2) is 11.7 Å². The molecule has 4 rings (SSSR count). The first kappa shape index (κ1) is 18.0. The Balaban J connectivity index is 1.59. The number of benzene rings is 2. The lowest BCUT2D eigenvalue weighted by Crippen LogP contribution is -2.51. The fourth-order valence-corrected chi connectivity index (χ4v) is 3.27. The van der Waals surface area contributed by atoms with Gasteiger partial charge >= 0.3 is 0 Å². The van der Waals surface area contributed by atoms with Gasteiger partial charge in [-0.25, -0.2) is 0 Å².